The van der Waals surface area contributed by atoms with E-state index in [4.69, 9.17) is 4.42 Å². The van der Waals surface area contributed by atoms with Crippen molar-refractivity contribution in [1.29, 1.82) is 0 Å². The van der Waals surface area contributed by atoms with Crippen molar-refractivity contribution in [2.75, 3.05) is 19.3 Å². The molecule has 2 heterocycles. The second kappa shape index (κ2) is 6.78. The highest BCUT2D eigenvalue weighted by Gasteiger charge is 2.29. The van der Waals surface area contributed by atoms with E-state index in [1.54, 1.807) is 18.2 Å². The van der Waals surface area contributed by atoms with Gasteiger partial charge in [0, 0.05) is 26.1 Å². The summed E-state index contributed by atoms with van der Waals surface area (Å²) in [5, 5.41) is 2.78. The van der Waals surface area contributed by atoms with E-state index in [-0.39, 0.29) is 17.7 Å². The van der Waals surface area contributed by atoms with Gasteiger partial charge in [0.05, 0.1) is 11.9 Å². The quantitative estimate of drug-likeness (QED) is 0.877. The van der Waals surface area contributed by atoms with Gasteiger partial charge in [-0.15, -0.1) is 0 Å². The van der Waals surface area contributed by atoms with Gasteiger partial charge in [-0.1, -0.05) is 6.42 Å². The van der Waals surface area contributed by atoms with Crippen molar-refractivity contribution in [1.82, 2.24) is 14.6 Å². The number of nitrogens with zero attached hydrogens (tertiary/aromatic N) is 2. The smallest absolute Gasteiger partial charge is 0.289 e. The summed E-state index contributed by atoms with van der Waals surface area (Å²) in [5.41, 5.74) is 0.561. The van der Waals surface area contributed by atoms with Crippen LogP contribution in [-0.2, 0) is 10.0 Å². The average Bonchev–Trinajstić information content (AvgIpc) is 2.77. The van der Waals surface area contributed by atoms with E-state index in [1.165, 1.54) is 6.26 Å². The van der Waals surface area contributed by atoms with E-state index in [2.05, 4.69) is 10.3 Å². The Kier molecular flexibility index (Phi) is 5.23. The summed E-state index contributed by atoms with van der Waals surface area (Å²) in [6.07, 6.45) is 4.59. The fourth-order valence-electron chi connectivity index (χ4n) is 2.87. The van der Waals surface area contributed by atoms with Crippen molar-refractivity contribution in [2.45, 2.75) is 45.6 Å². The molecule has 1 N–H and O–H groups in total. The zero-order valence-corrected chi connectivity index (χ0v) is 14.1. The highest BCUT2D eigenvalue weighted by Crippen LogP contribution is 2.22. The Balaban J connectivity index is 1.89. The van der Waals surface area contributed by atoms with Crippen LogP contribution in [0.2, 0.25) is 0 Å². The number of piperidine rings is 1. The molecule has 1 aliphatic rings. The minimum atomic E-state index is -3.19. The minimum absolute atomic E-state index is 0.0402. The van der Waals surface area contributed by atoms with E-state index < -0.39 is 10.0 Å². The molecule has 1 amide bonds. The third-order valence-electron chi connectivity index (χ3n) is 3.87. The molecule has 2 rings (SSSR count). The lowest BCUT2D eigenvalue weighted by atomic mass is 10.0. The Morgan fingerprint density at radius 3 is 2.73 bits per heavy atom. The molecule has 0 spiro atoms. The number of nitrogens with one attached hydrogen (secondary N) is 1. The Hall–Kier alpha value is -1.41. The van der Waals surface area contributed by atoms with Gasteiger partial charge < -0.3 is 9.73 Å². The van der Waals surface area contributed by atoms with Gasteiger partial charge >= 0.3 is 0 Å². The van der Waals surface area contributed by atoms with Gasteiger partial charge in [0.15, 0.2) is 5.89 Å². The van der Waals surface area contributed by atoms with Gasteiger partial charge in [-0.05, 0) is 26.2 Å². The maximum atomic E-state index is 12.0. The molecule has 0 saturated carbocycles. The van der Waals surface area contributed by atoms with Crippen molar-refractivity contribution in [2.24, 2.45) is 0 Å². The fourth-order valence-corrected chi connectivity index (χ4v) is 4.09. The van der Waals surface area contributed by atoms with Crippen molar-refractivity contribution < 1.29 is 17.6 Å². The number of rotatable bonds is 5. The molecule has 0 bridgehead atoms. The number of hydrogen-bond donors (Lipinski definition) is 1. The first kappa shape index (κ1) is 17.0. The second-order valence-corrected chi connectivity index (χ2v) is 7.65. The molecule has 124 valence electrons. The standard InChI is InChI=1S/C14H23N3O4S/c1-10-13(21-11(2)16-10)14(18)15-8-7-12-6-4-5-9-17(12)22(3,19)20/h12H,4-9H2,1-3H3,(H,15,18)/t12-/m1/s1. The number of aryl methyl sites for hydroxylation is 2. The highest BCUT2D eigenvalue weighted by atomic mass is 32.2. The van der Waals surface area contributed by atoms with Gasteiger partial charge in [-0.3, -0.25) is 4.79 Å². The Morgan fingerprint density at radius 1 is 1.41 bits per heavy atom. The fraction of sp³-hybridized carbons (Fsp3) is 0.714. The minimum Gasteiger partial charge on any atom is -0.436 e. The van der Waals surface area contributed by atoms with Crippen LogP contribution in [0.15, 0.2) is 4.42 Å². The van der Waals surface area contributed by atoms with Crippen LogP contribution in [0.1, 0.15) is 47.8 Å². The second-order valence-electron chi connectivity index (χ2n) is 5.72. The molecule has 0 radical (unpaired) electrons. The molecule has 1 saturated heterocycles. The van der Waals surface area contributed by atoms with E-state index in [9.17, 15) is 13.2 Å². The molecule has 1 atom stereocenters. The van der Waals surface area contributed by atoms with Crippen LogP contribution in [0, 0.1) is 13.8 Å². The molecule has 1 aliphatic heterocycles. The first-order chi connectivity index (χ1) is 10.3. The van der Waals surface area contributed by atoms with E-state index >= 15 is 0 Å². The Bertz CT molecular complexity index is 639. The number of aromatic nitrogens is 1. The molecular weight excluding hydrogens is 306 g/mol. The van der Waals surface area contributed by atoms with Crippen LogP contribution < -0.4 is 5.32 Å². The van der Waals surface area contributed by atoms with Crippen molar-refractivity contribution in [3.05, 3.63) is 17.3 Å². The summed E-state index contributed by atoms with van der Waals surface area (Å²) in [6.45, 7) is 4.39. The molecule has 1 aromatic rings. The summed E-state index contributed by atoms with van der Waals surface area (Å²) >= 11 is 0. The molecule has 8 heteroatoms. The van der Waals surface area contributed by atoms with Crippen molar-refractivity contribution in [3.63, 3.8) is 0 Å². The topological polar surface area (TPSA) is 92.5 Å². The molecule has 22 heavy (non-hydrogen) atoms. The van der Waals surface area contributed by atoms with Gasteiger partial charge in [0.2, 0.25) is 15.8 Å². The van der Waals surface area contributed by atoms with E-state index in [1.807, 2.05) is 0 Å². The zero-order chi connectivity index (χ0) is 16.3. The Morgan fingerprint density at radius 2 is 2.14 bits per heavy atom. The molecule has 0 aliphatic carbocycles. The lowest BCUT2D eigenvalue weighted by molar-refractivity contribution is 0.0919. The SMILES string of the molecule is Cc1nc(C)c(C(=O)NCC[C@H]2CCCCN2S(C)(=O)=O)o1. The largest absolute Gasteiger partial charge is 0.436 e. The number of hydrogen-bond acceptors (Lipinski definition) is 5. The summed E-state index contributed by atoms with van der Waals surface area (Å²) in [5.74, 6) is 0.374. The number of carbonyl (C=O) groups excluding carboxylic acids is 1. The van der Waals surface area contributed by atoms with Crippen molar-refractivity contribution >= 4 is 15.9 Å². The first-order valence-corrected chi connectivity index (χ1v) is 9.33. The van der Waals surface area contributed by atoms with Gasteiger partial charge in [-0.2, -0.15) is 4.31 Å². The lowest BCUT2D eigenvalue weighted by Crippen LogP contribution is -2.44. The predicted octanol–water partition coefficient (Wildman–Crippen LogP) is 1.23. The van der Waals surface area contributed by atoms with Crippen LogP contribution in [0.3, 0.4) is 0 Å². The highest BCUT2D eigenvalue weighted by molar-refractivity contribution is 7.88. The third-order valence-corrected chi connectivity index (χ3v) is 5.20. The maximum absolute atomic E-state index is 12.0. The molecule has 7 nitrogen and oxygen atoms in total. The van der Waals surface area contributed by atoms with E-state index in [0.29, 0.717) is 31.1 Å². The van der Waals surface area contributed by atoms with Crippen LogP contribution in [-0.4, -0.2) is 49.0 Å². The summed E-state index contributed by atoms with van der Waals surface area (Å²) in [6, 6.07) is -0.0402. The number of oxazole rings is 1. The predicted molar refractivity (Wildman–Crippen MR) is 82.1 cm³/mol. The van der Waals surface area contributed by atoms with Crippen molar-refractivity contribution in [3.8, 4) is 0 Å². The first-order valence-electron chi connectivity index (χ1n) is 7.48. The molecular formula is C14H23N3O4S. The summed E-state index contributed by atoms with van der Waals surface area (Å²) < 4.78 is 30.4. The van der Waals surface area contributed by atoms with Crippen LogP contribution >= 0.6 is 0 Å². The average molecular weight is 329 g/mol. The van der Waals surface area contributed by atoms with Gasteiger partial charge in [0.1, 0.15) is 0 Å². The van der Waals surface area contributed by atoms with Gasteiger partial charge in [-0.25, -0.2) is 13.4 Å². The number of carbonyl (C=O) groups is 1. The van der Waals surface area contributed by atoms with Gasteiger partial charge in [0.25, 0.3) is 5.91 Å². The summed E-state index contributed by atoms with van der Waals surface area (Å²) in [7, 11) is -3.19. The zero-order valence-electron chi connectivity index (χ0n) is 13.3. The number of amides is 1. The normalized spacial score (nSPS) is 20.0. The van der Waals surface area contributed by atoms with E-state index in [0.717, 1.165) is 19.3 Å². The Labute approximate surface area is 131 Å². The van der Waals surface area contributed by atoms with Crippen LogP contribution in [0.4, 0.5) is 0 Å². The van der Waals surface area contributed by atoms with Crippen LogP contribution in [0.5, 0.6) is 0 Å². The third kappa shape index (κ3) is 4.07. The maximum Gasteiger partial charge on any atom is 0.289 e. The molecule has 1 fully saturated rings. The monoisotopic (exact) mass is 329 g/mol. The summed E-state index contributed by atoms with van der Waals surface area (Å²) in [4.78, 5) is 16.1. The molecule has 0 aromatic carbocycles. The molecule has 1 aromatic heterocycles. The van der Waals surface area contributed by atoms with Crippen LogP contribution in [0.25, 0.3) is 0 Å². The lowest BCUT2D eigenvalue weighted by Gasteiger charge is -2.33. The molecule has 0 unspecified atom stereocenters. The number of sulfonamides is 1.